The van der Waals surface area contributed by atoms with Crippen LogP contribution in [0, 0.1) is 5.92 Å². The molecule has 138 valence electrons. The Balaban J connectivity index is 1.48. The molecule has 0 spiro atoms. The molecule has 0 saturated carbocycles. The first-order chi connectivity index (χ1) is 12.3. The summed E-state index contributed by atoms with van der Waals surface area (Å²) in [5.74, 6) is 0.0383. The first-order valence-corrected chi connectivity index (χ1v) is 9.52. The van der Waals surface area contributed by atoms with Gasteiger partial charge in [-0.05, 0) is 38.8 Å². The average Bonchev–Trinajstić information content (AvgIpc) is 3.08. The van der Waals surface area contributed by atoms with Crippen molar-refractivity contribution in [3.63, 3.8) is 0 Å². The van der Waals surface area contributed by atoms with E-state index in [4.69, 9.17) is 0 Å². The van der Waals surface area contributed by atoms with Crippen LogP contribution in [0.2, 0.25) is 0 Å². The third kappa shape index (κ3) is 2.89. The molecule has 1 unspecified atom stereocenters. The van der Waals surface area contributed by atoms with E-state index in [-0.39, 0.29) is 23.3 Å². The number of nitrogens with one attached hydrogen (secondary N) is 1. The maximum Gasteiger partial charge on any atom is 0.228 e. The quantitative estimate of drug-likeness (QED) is 0.857. The third-order valence-corrected chi connectivity index (χ3v) is 5.76. The van der Waals surface area contributed by atoms with E-state index >= 15 is 0 Å². The molecule has 2 amide bonds. The molecule has 0 aliphatic carbocycles. The zero-order valence-corrected chi connectivity index (χ0v) is 15.8. The Labute approximate surface area is 154 Å². The van der Waals surface area contributed by atoms with Crippen molar-refractivity contribution in [2.24, 2.45) is 5.92 Å². The summed E-state index contributed by atoms with van der Waals surface area (Å²) >= 11 is 0. The third-order valence-electron chi connectivity index (χ3n) is 5.76. The Kier molecular flexibility index (Phi) is 4.05. The monoisotopic (exact) mass is 353 g/mol. The minimum Gasteiger partial charge on any atom is -0.358 e. The molecule has 3 heterocycles. The maximum atomic E-state index is 13.0. The molecule has 1 saturated heterocycles. The van der Waals surface area contributed by atoms with Crippen LogP contribution in [0.3, 0.4) is 0 Å². The van der Waals surface area contributed by atoms with Crippen molar-refractivity contribution in [1.29, 1.82) is 0 Å². The van der Waals surface area contributed by atoms with Gasteiger partial charge in [0.25, 0.3) is 0 Å². The molecule has 1 N–H and O–H groups in total. The first kappa shape index (κ1) is 17.1. The van der Waals surface area contributed by atoms with Crippen molar-refractivity contribution in [2.45, 2.75) is 45.6 Å². The lowest BCUT2D eigenvalue weighted by molar-refractivity contribution is -0.135. The van der Waals surface area contributed by atoms with Gasteiger partial charge in [0.05, 0.1) is 5.92 Å². The van der Waals surface area contributed by atoms with Crippen LogP contribution < -0.4 is 0 Å². The number of amides is 2. The summed E-state index contributed by atoms with van der Waals surface area (Å²) in [5, 5.41) is 1.27. The predicted octanol–water partition coefficient (Wildman–Crippen LogP) is 2.74. The molecule has 0 bridgehead atoms. The molecule has 1 aromatic carbocycles. The normalized spacial score (nSPS) is 21.2. The number of hydrogen-bond acceptors (Lipinski definition) is 2. The van der Waals surface area contributed by atoms with Crippen LogP contribution in [0.15, 0.2) is 24.3 Å². The van der Waals surface area contributed by atoms with Crippen molar-refractivity contribution in [2.75, 3.05) is 19.6 Å². The minimum absolute atomic E-state index is 0.0990. The van der Waals surface area contributed by atoms with E-state index in [1.54, 1.807) is 0 Å². The van der Waals surface area contributed by atoms with Crippen LogP contribution >= 0.6 is 0 Å². The Morgan fingerprint density at radius 3 is 2.62 bits per heavy atom. The molecule has 0 radical (unpaired) electrons. The van der Waals surface area contributed by atoms with Gasteiger partial charge >= 0.3 is 0 Å². The molecule has 1 fully saturated rings. The zero-order valence-electron chi connectivity index (χ0n) is 15.8. The van der Waals surface area contributed by atoms with Crippen LogP contribution in [-0.4, -0.2) is 51.8 Å². The molecule has 4 rings (SSSR count). The summed E-state index contributed by atoms with van der Waals surface area (Å²) in [6, 6.07) is 8.37. The zero-order chi connectivity index (χ0) is 18.5. The molecule has 1 atom stereocenters. The summed E-state index contributed by atoms with van der Waals surface area (Å²) in [6.45, 7) is 8.09. The largest absolute Gasteiger partial charge is 0.358 e. The number of benzene rings is 1. The highest BCUT2D eigenvalue weighted by Gasteiger charge is 2.41. The second kappa shape index (κ2) is 6.15. The number of hydrogen-bond donors (Lipinski definition) is 1. The lowest BCUT2D eigenvalue weighted by Crippen LogP contribution is -2.44. The van der Waals surface area contributed by atoms with Gasteiger partial charge in [0.2, 0.25) is 11.8 Å². The number of aromatic amines is 1. The molecular weight excluding hydrogens is 326 g/mol. The van der Waals surface area contributed by atoms with Crippen molar-refractivity contribution in [1.82, 2.24) is 14.8 Å². The summed E-state index contributed by atoms with van der Waals surface area (Å²) in [5.41, 5.74) is 3.55. The van der Waals surface area contributed by atoms with Crippen LogP contribution in [-0.2, 0) is 22.4 Å². The van der Waals surface area contributed by atoms with Crippen molar-refractivity contribution in [3.8, 4) is 0 Å². The number of carbonyl (C=O) groups excluding carboxylic acids is 2. The molecule has 5 heteroatoms. The molecule has 26 heavy (non-hydrogen) atoms. The summed E-state index contributed by atoms with van der Waals surface area (Å²) < 4.78 is 0. The topological polar surface area (TPSA) is 56.4 Å². The fraction of sp³-hybridized carbons (Fsp3) is 0.524. The fourth-order valence-electron chi connectivity index (χ4n) is 4.36. The smallest absolute Gasteiger partial charge is 0.228 e. The minimum atomic E-state index is -0.221. The molecule has 5 nitrogen and oxygen atoms in total. The van der Waals surface area contributed by atoms with Crippen LogP contribution in [0.4, 0.5) is 0 Å². The maximum absolute atomic E-state index is 13.0. The van der Waals surface area contributed by atoms with E-state index in [9.17, 15) is 9.59 Å². The van der Waals surface area contributed by atoms with Crippen LogP contribution in [0.1, 0.15) is 38.4 Å². The standard InChI is InChI=1S/C21H27N3O2/c1-21(2,3)24-13-14(12-19(24)25)20(26)23-10-8-16-15-6-4-5-7-17(15)22-18(16)9-11-23/h4-7,14,22H,8-13H2,1-3H3. The van der Waals surface area contributed by atoms with E-state index in [2.05, 4.69) is 23.2 Å². The van der Waals surface area contributed by atoms with Crippen molar-refractivity contribution < 1.29 is 9.59 Å². The van der Waals surface area contributed by atoms with E-state index < -0.39 is 0 Å². The van der Waals surface area contributed by atoms with Gasteiger partial charge in [-0.15, -0.1) is 0 Å². The average molecular weight is 353 g/mol. The molecule has 2 aliphatic rings. The predicted molar refractivity (Wildman–Crippen MR) is 102 cm³/mol. The highest BCUT2D eigenvalue weighted by atomic mass is 16.2. The number of para-hydroxylation sites is 1. The number of fused-ring (bicyclic) bond motifs is 3. The number of nitrogens with zero attached hydrogens (tertiary/aromatic N) is 2. The van der Waals surface area contributed by atoms with Crippen LogP contribution in [0.25, 0.3) is 10.9 Å². The molecule has 2 aromatic rings. The van der Waals surface area contributed by atoms with E-state index in [0.717, 1.165) is 25.9 Å². The highest BCUT2D eigenvalue weighted by Crippen LogP contribution is 2.29. The number of H-pyrrole nitrogens is 1. The van der Waals surface area contributed by atoms with Gasteiger partial charge in [0.1, 0.15) is 0 Å². The Bertz CT molecular complexity index is 862. The summed E-state index contributed by atoms with van der Waals surface area (Å²) in [7, 11) is 0. The SMILES string of the molecule is CC(C)(C)N1CC(C(=O)N2CCc3[nH]c4ccccc4c3CC2)CC1=O. The Morgan fingerprint density at radius 2 is 1.88 bits per heavy atom. The van der Waals surface area contributed by atoms with Gasteiger partial charge in [-0.25, -0.2) is 0 Å². The number of carbonyl (C=O) groups is 2. The first-order valence-electron chi connectivity index (χ1n) is 9.52. The summed E-state index contributed by atoms with van der Waals surface area (Å²) in [4.78, 5) is 32.7. The van der Waals surface area contributed by atoms with Crippen molar-refractivity contribution >= 4 is 22.7 Å². The molecule has 2 aliphatic heterocycles. The van der Waals surface area contributed by atoms with Gasteiger partial charge in [0, 0.05) is 54.6 Å². The number of likely N-dealkylation sites (tertiary alicyclic amines) is 1. The van der Waals surface area contributed by atoms with E-state index in [0.29, 0.717) is 13.0 Å². The van der Waals surface area contributed by atoms with E-state index in [1.165, 1.54) is 22.2 Å². The lowest BCUT2D eigenvalue weighted by Gasteiger charge is -2.32. The fourth-order valence-corrected chi connectivity index (χ4v) is 4.36. The van der Waals surface area contributed by atoms with Gasteiger partial charge < -0.3 is 14.8 Å². The number of rotatable bonds is 1. The van der Waals surface area contributed by atoms with Crippen LogP contribution in [0.5, 0.6) is 0 Å². The molecule has 1 aromatic heterocycles. The van der Waals surface area contributed by atoms with Gasteiger partial charge in [-0.1, -0.05) is 18.2 Å². The number of aromatic nitrogens is 1. The second-order valence-corrected chi connectivity index (χ2v) is 8.53. The lowest BCUT2D eigenvalue weighted by atomic mass is 10.1. The summed E-state index contributed by atoms with van der Waals surface area (Å²) in [6.07, 6.45) is 2.06. The van der Waals surface area contributed by atoms with Gasteiger partial charge in [-0.3, -0.25) is 9.59 Å². The van der Waals surface area contributed by atoms with Crippen molar-refractivity contribution in [3.05, 3.63) is 35.5 Å². The van der Waals surface area contributed by atoms with Gasteiger partial charge in [0.15, 0.2) is 0 Å². The van der Waals surface area contributed by atoms with Gasteiger partial charge in [-0.2, -0.15) is 0 Å². The highest BCUT2D eigenvalue weighted by molar-refractivity contribution is 5.90. The second-order valence-electron chi connectivity index (χ2n) is 8.53. The Morgan fingerprint density at radius 1 is 1.15 bits per heavy atom. The molecular formula is C21H27N3O2. The Hall–Kier alpha value is -2.30. The van der Waals surface area contributed by atoms with E-state index in [1.807, 2.05) is 36.6 Å².